The number of carbonyl (C=O) groups is 1. The number of aliphatic hydroxyl groups is 3. The minimum atomic E-state index is -0.663. The lowest BCUT2D eigenvalue weighted by Crippen LogP contribution is -2.37. The third-order valence-electron chi connectivity index (χ3n) is 11.3. The van der Waals surface area contributed by atoms with Gasteiger partial charge in [0.05, 0.1) is 35.8 Å². The molecule has 3 N–H and O–H groups in total. The molecule has 0 radical (unpaired) electrons. The van der Waals surface area contributed by atoms with Gasteiger partial charge in [0, 0.05) is 6.42 Å². The lowest BCUT2D eigenvalue weighted by atomic mass is 9.60. The van der Waals surface area contributed by atoms with Crippen molar-refractivity contribution in [2.75, 3.05) is 6.61 Å². The number of oxazole rings is 1. The molecule has 0 saturated heterocycles. The highest BCUT2D eigenvalue weighted by Gasteiger charge is 2.57. The monoisotopic (exact) mass is 581 g/mol. The summed E-state index contributed by atoms with van der Waals surface area (Å²) in [7, 11) is 0. The molecule has 5 rings (SSSR count). The molecule has 4 aliphatic carbocycles. The summed E-state index contributed by atoms with van der Waals surface area (Å²) < 4.78 is 11.9. The summed E-state index contributed by atoms with van der Waals surface area (Å²) >= 11 is 0. The number of aromatic nitrogens is 1. The molecule has 7 nitrogen and oxygen atoms in total. The highest BCUT2D eigenvalue weighted by atomic mass is 16.5. The highest BCUT2D eigenvalue weighted by Crippen LogP contribution is 2.60. The fraction of sp³-hybridized carbons (Fsp3) is 0.714. The second kappa shape index (κ2) is 12.4. The van der Waals surface area contributed by atoms with Crippen LogP contribution < -0.4 is 0 Å². The van der Waals surface area contributed by atoms with E-state index in [1.165, 1.54) is 31.3 Å². The van der Waals surface area contributed by atoms with Crippen molar-refractivity contribution in [3.8, 4) is 0 Å². The second-order valence-electron chi connectivity index (χ2n) is 14.2. The van der Waals surface area contributed by atoms with Crippen LogP contribution in [-0.4, -0.2) is 51.2 Å². The largest absolute Gasteiger partial charge is 0.461 e. The minimum absolute atomic E-state index is 0.221. The number of fused-ring (bicyclic) bond motifs is 1. The number of hydrogen-bond donors (Lipinski definition) is 3. The molecule has 1 unspecified atom stereocenters. The molecule has 8 atom stereocenters. The van der Waals surface area contributed by atoms with Gasteiger partial charge in [0.1, 0.15) is 12.4 Å². The highest BCUT2D eigenvalue weighted by molar-refractivity contribution is 5.72. The van der Waals surface area contributed by atoms with E-state index in [1.54, 1.807) is 13.2 Å². The Morgan fingerprint density at radius 2 is 1.98 bits per heavy atom. The molecule has 1 heterocycles. The van der Waals surface area contributed by atoms with E-state index in [0.29, 0.717) is 36.5 Å². The number of esters is 1. The quantitative estimate of drug-likeness (QED) is 0.286. The predicted molar refractivity (Wildman–Crippen MR) is 161 cm³/mol. The second-order valence-corrected chi connectivity index (χ2v) is 14.2. The first-order chi connectivity index (χ1) is 20.0. The maximum Gasteiger partial charge on any atom is 0.311 e. The molecular formula is C35H51NO6. The van der Waals surface area contributed by atoms with Crippen molar-refractivity contribution < 1.29 is 29.3 Å². The summed E-state index contributed by atoms with van der Waals surface area (Å²) in [5.41, 5.74) is 3.90. The molecule has 1 aromatic heterocycles. The van der Waals surface area contributed by atoms with Gasteiger partial charge in [-0.15, -0.1) is 0 Å². The fourth-order valence-corrected chi connectivity index (χ4v) is 8.46. The molecular weight excluding hydrogens is 530 g/mol. The number of carbonyl (C=O) groups excluding carboxylic acids is 1. The third-order valence-corrected chi connectivity index (χ3v) is 11.3. The Labute approximate surface area is 251 Å². The number of nitrogens with zero attached hydrogens (tertiary/aromatic N) is 1. The Bertz CT molecular complexity index is 1210. The van der Waals surface area contributed by atoms with Crippen molar-refractivity contribution >= 4 is 5.97 Å². The molecule has 4 fully saturated rings. The molecule has 0 aliphatic heterocycles. The van der Waals surface area contributed by atoms with Crippen molar-refractivity contribution in [2.45, 2.75) is 122 Å². The molecule has 0 spiro atoms. The third kappa shape index (κ3) is 6.07. The Hall–Kier alpha value is -2.22. The normalized spacial score (nSPS) is 34.7. The van der Waals surface area contributed by atoms with Crippen LogP contribution in [0.1, 0.15) is 103 Å². The number of ether oxygens (including phenoxy) is 1. The van der Waals surface area contributed by atoms with Crippen LogP contribution in [0.25, 0.3) is 0 Å². The van der Waals surface area contributed by atoms with Crippen LogP contribution in [0.4, 0.5) is 0 Å². The van der Waals surface area contributed by atoms with Crippen molar-refractivity contribution in [1.29, 1.82) is 0 Å². The van der Waals surface area contributed by atoms with E-state index in [1.807, 2.05) is 6.92 Å². The van der Waals surface area contributed by atoms with Crippen LogP contribution in [0.15, 0.2) is 46.1 Å². The van der Waals surface area contributed by atoms with Gasteiger partial charge >= 0.3 is 5.97 Å². The van der Waals surface area contributed by atoms with Crippen LogP contribution in [0.2, 0.25) is 0 Å². The number of aryl methyl sites for hydroxylation is 1. The van der Waals surface area contributed by atoms with Gasteiger partial charge in [0.25, 0.3) is 0 Å². The van der Waals surface area contributed by atoms with Crippen LogP contribution >= 0.6 is 0 Å². The molecule has 7 heteroatoms. The van der Waals surface area contributed by atoms with E-state index in [9.17, 15) is 20.1 Å². The average molecular weight is 582 g/mol. The van der Waals surface area contributed by atoms with E-state index in [4.69, 9.17) is 9.15 Å². The van der Waals surface area contributed by atoms with Crippen molar-refractivity contribution in [3.63, 3.8) is 0 Å². The van der Waals surface area contributed by atoms with Gasteiger partial charge in [-0.25, -0.2) is 4.98 Å². The predicted octanol–water partition coefficient (Wildman–Crippen LogP) is 6.11. The van der Waals surface area contributed by atoms with Gasteiger partial charge in [-0.1, -0.05) is 38.2 Å². The van der Waals surface area contributed by atoms with Crippen LogP contribution in [-0.2, 0) is 14.9 Å². The van der Waals surface area contributed by atoms with E-state index in [0.717, 1.165) is 48.9 Å². The summed E-state index contributed by atoms with van der Waals surface area (Å²) in [6.07, 6.45) is 14.8. The zero-order chi connectivity index (χ0) is 30.2. The van der Waals surface area contributed by atoms with Gasteiger partial charge < -0.3 is 24.5 Å². The molecule has 0 bridgehead atoms. The van der Waals surface area contributed by atoms with E-state index >= 15 is 0 Å². The SMILES string of the molecule is C=C1/C(=C\C=C2/CCC[C@]3(C)[C@@H]([C@H](C)CC[C@H](OC(=O)C(C)CO)C4(c5nc(C)co5)CC4)CC[C@@H]23)C[C@@H](O)C[C@@H]1O. The van der Waals surface area contributed by atoms with Gasteiger partial charge in [-0.2, -0.15) is 0 Å². The Kier molecular flexibility index (Phi) is 9.22. The summed E-state index contributed by atoms with van der Waals surface area (Å²) in [6.45, 7) is 12.3. The van der Waals surface area contributed by atoms with Crippen LogP contribution in [0, 0.1) is 36.0 Å². The van der Waals surface area contributed by atoms with Crippen LogP contribution in [0.5, 0.6) is 0 Å². The van der Waals surface area contributed by atoms with E-state index < -0.39 is 18.1 Å². The zero-order valence-electron chi connectivity index (χ0n) is 26.0. The molecule has 232 valence electrons. The van der Waals surface area contributed by atoms with Crippen LogP contribution in [0.3, 0.4) is 0 Å². The number of rotatable bonds is 10. The average Bonchev–Trinajstić information content (AvgIpc) is 3.51. The molecule has 42 heavy (non-hydrogen) atoms. The smallest absolute Gasteiger partial charge is 0.311 e. The summed E-state index contributed by atoms with van der Waals surface area (Å²) in [5, 5.41) is 30.0. The standard InChI is InChI=1S/C35H51NO6/c1-21(8-13-31(42-32(40)22(2)19-37)35(15-16-35)33-36-23(3)20-41-33)28-11-12-29-25(7-6-14-34(28,29)5)9-10-26-17-27(38)18-30(39)24(26)4/h9-10,20-22,27-31,37-39H,4,6-8,11-19H2,1-3,5H3/b25-9+,26-10-/t21-,22?,27-,28-,29+,30+,31+,34-/m1/s1. The lowest BCUT2D eigenvalue weighted by Gasteiger charge is -2.44. The van der Waals surface area contributed by atoms with Gasteiger partial charge in [-0.05, 0) is 112 Å². The maximum atomic E-state index is 12.8. The maximum absolute atomic E-state index is 12.8. The number of hydrogen-bond acceptors (Lipinski definition) is 7. The first-order valence-electron chi connectivity index (χ1n) is 16.2. The van der Waals surface area contributed by atoms with Crippen molar-refractivity contribution in [3.05, 3.63) is 53.3 Å². The number of aliphatic hydroxyl groups excluding tert-OH is 3. The summed E-state index contributed by atoms with van der Waals surface area (Å²) in [5.74, 6) is 1.35. The fourth-order valence-electron chi connectivity index (χ4n) is 8.46. The van der Waals surface area contributed by atoms with Crippen molar-refractivity contribution in [1.82, 2.24) is 4.98 Å². The van der Waals surface area contributed by atoms with E-state index in [2.05, 4.69) is 37.6 Å². The topological polar surface area (TPSA) is 113 Å². The first-order valence-corrected chi connectivity index (χ1v) is 16.2. The molecule has 4 aliphatic rings. The van der Waals surface area contributed by atoms with Gasteiger partial charge in [0.2, 0.25) is 5.89 Å². The van der Waals surface area contributed by atoms with Gasteiger partial charge in [0.15, 0.2) is 0 Å². The first kappa shape index (κ1) is 31.2. The molecule has 0 aromatic carbocycles. The lowest BCUT2D eigenvalue weighted by molar-refractivity contribution is -0.157. The summed E-state index contributed by atoms with van der Waals surface area (Å²) in [4.78, 5) is 17.5. The van der Waals surface area contributed by atoms with E-state index in [-0.39, 0.29) is 29.5 Å². The molecule has 0 amide bonds. The molecule has 1 aromatic rings. The summed E-state index contributed by atoms with van der Waals surface area (Å²) in [6, 6.07) is 0. The Morgan fingerprint density at radius 1 is 1.21 bits per heavy atom. The zero-order valence-corrected chi connectivity index (χ0v) is 26.0. The Morgan fingerprint density at radius 3 is 2.64 bits per heavy atom. The molecule has 4 saturated carbocycles. The Balaban J connectivity index is 1.29. The van der Waals surface area contributed by atoms with Crippen molar-refractivity contribution in [2.24, 2.45) is 29.1 Å². The minimum Gasteiger partial charge on any atom is -0.461 e. The number of allylic oxidation sites excluding steroid dienone is 3. The van der Waals surface area contributed by atoms with Gasteiger partial charge in [-0.3, -0.25) is 4.79 Å².